The van der Waals surface area contributed by atoms with Gasteiger partial charge in [-0.2, -0.15) is 0 Å². The number of hydrogen-bond acceptors (Lipinski definition) is 3. The summed E-state index contributed by atoms with van der Waals surface area (Å²) in [4.78, 5) is 10.5. The number of carbonyl (C=O) groups is 1. The predicted octanol–water partition coefficient (Wildman–Crippen LogP) is 1.23. The fourth-order valence-electron chi connectivity index (χ4n) is 1.48. The summed E-state index contributed by atoms with van der Waals surface area (Å²) in [6, 6.07) is 7.18. The largest absolute Gasteiger partial charge is 0.387 e. The molecule has 0 heterocycles. The summed E-state index contributed by atoms with van der Waals surface area (Å²) in [5, 5.41) is 13.5. The molecule has 0 saturated carbocycles. The van der Waals surface area contributed by atoms with E-state index in [1.807, 2.05) is 12.1 Å². The lowest BCUT2D eigenvalue weighted by molar-refractivity contribution is -0.118. The Morgan fingerprint density at radius 2 is 2.18 bits per heavy atom. The molecule has 0 spiro atoms. The van der Waals surface area contributed by atoms with Gasteiger partial charge in [-0.1, -0.05) is 29.8 Å². The van der Waals surface area contributed by atoms with Gasteiger partial charge >= 0.3 is 0 Å². The number of halogens is 1. The summed E-state index contributed by atoms with van der Waals surface area (Å²) in [6.07, 6.45) is 0.386. The van der Waals surface area contributed by atoms with E-state index in [0.29, 0.717) is 36.5 Å². The molecule has 0 fully saturated rings. The molecular formula is C12H17ClN2O2. The second-order valence-electron chi connectivity index (χ2n) is 3.81. The predicted molar refractivity (Wildman–Crippen MR) is 67.7 cm³/mol. The van der Waals surface area contributed by atoms with Crippen molar-refractivity contribution in [2.24, 2.45) is 5.73 Å². The maximum atomic E-state index is 10.5. The van der Waals surface area contributed by atoms with E-state index >= 15 is 0 Å². The number of primary amides is 1. The highest BCUT2D eigenvalue weighted by atomic mass is 35.5. The van der Waals surface area contributed by atoms with Gasteiger partial charge in [0.2, 0.25) is 5.91 Å². The van der Waals surface area contributed by atoms with Gasteiger partial charge < -0.3 is 16.2 Å². The van der Waals surface area contributed by atoms with E-state index < -0.39 is 6.10 Å². The summed E-state index contributed by atoms with van der Waals surface area (Å²) in [7, 11) is 0. The molecule has 17 heavy (non-hydrogen) atoms. The Morgan fingerprint density at radius 1 is 1.47 bits per heavy atom. The van der Waals surface area contributed by atoms with Gasteiger partial charge in [0.05, 0.1) is 6.10 Å². The Morgan fingerprint density at radius 3 is 2.82 bits per heavy atom. The highest BCUT2D eigenvalue weighted by Crippen LogP contribution is 2.21. The molecule has 0 aliphatic heterocycles. The molecule has 0 saturated heterocycles. The minimum Gasteiger partial charge on any atom is -0.387 e. The number of benzene rings is 1. The van der Waals surface area contributed by atoms with Crippen LogP contribution >= 0.6 is 11.6 Å². The highest BCUT2D eigenvalue weighted by molar-refractivity contribution is 6.31. The van der Waals surface area contributed by atoms with Crippen molar-refractivity contribution in [3.63, 3.8) is 0 Å². The van der Waals surface area contributed by atoms with Crippen LogP contribution in [0.25, 0.3) is 0 Å². The van der Waals surface area contributed by atoms with Crippen molar-refractivity contribution in [1.29, 1.82) is 0 Å². The highest BCUT2D eigenvalue weighted by Gasteiger charge is 2.09. The molecule has 5 heteroatoms. The van der Waals surface area contributed by atoms with Gasteiger partial charge in [0, 0.05) is 23.6 Å². The van der Waals surface area contributed by atoms with Crippen molar-refractivity contribution in [3.8, 4) is 0 Å². The number of amides is 1. The molecule has 4 N–H and O–H groups in total. The first kappa shape index (κ1) is 14.0. The summed E-state index contributed by atoms with van der Waals surface area (Å²) in [5.41, 5.74) is 5.72. The van der Waals surface area contributed by atoms with Gasteiger partial charge in [-0.3, -0.25) is 4.79 Å². The first-order valence-electron chi connectivity index (χ1n) is 5.52. The lowest BCUT2D eigenvalue weighted by Crippen LogP contribution is -2.24. The van der Waals surface area contributed by atoms with E-state index in [4.69, 9.17) is 17.3 Å². The van der Waals surface area contributed by atoms with Crippen LogP contribution in [0, 0.1) is 0 Å². The molecule has 1 unspecified atom stereocenters. The molecule has 0 aliphatic rings. The van der Waals surface area contributed by atoms with E-state index in [-0.39, 0.29) is 5.91 Å². The van der Waals surface area contributed by atoms with Crippen molar-refractivity contribution < 1.29 is 9.90 Å². The van der Waals surface area contributed by atoms with E-state index in [2.05, 4.69) is 5.32 Å². The first-order chi connectivity index (χ1) is 8.11. The third-order valence-electron chi connectivity index (χ3n) is 2.38. The van der Waals surface area contributed by atoms with Crippen molar-refractivity contribution in [2.45, 2.75) is 18.9 Å². The quantitative estimate of drug-likeness (QED) is 0.643. The lowest BCUT2D eigenvalue weighted by Gasteiger charge is -2.13. The van der Waals surface area contributed by atoms with E-state index in [9.17, 15) is 9.90 Å². The maximum Gasteiger partial charge on any atom is 0.217 e. The zero-order chi connectivity index (χ0) is 12.7. The van der Waals surface area contributed by atoms with Crippen LogP contribution in [0.4, 0.5) is 0 Å². The summed E-state index contributed by atoms with van der Waals surface area (Å²) in [6.45, 7) is 1.05. The normalized spacial score (nSPS) is 12.4. The second kappa shape index (κ2) is 7.27. The van der Waals surface area contributed by atoms with Gasteiger partial charge in [-0.25, -0.2) is 0 Å². The van der Waals surface area contributed by atoms with Gasteiger partial charge in [0.25, 0.3) is 0 Å². The Labute approximate surface area is 106 Å². The van der Waals surface area contributed by atoms with E-state index in [0.717, 1.165) is 0 Å². The van der Waals surface area contributed by atoms with Gasteiger partial charge in [0.1, 0.15) is 0 Å². The van der Waals surface area contributed by atoms with Crippen LogP contribution in [0.5, 0.6) is 0 Å². The van der Waals surface area contributed by atoms with Crippen LogP contribution in [0.1, 0.15) is 24.5 Å². The molecule has 94 valence electrons. The van der Waals surface area contributed by atoms with Crippen LogP contribution in [0.2, 0.25) is 5.02 Å². The third-order valence-corrected chi connectivity index (χ3v) is 2.72. The Hall–Kier alpha value is -1.10. The van der Waals surface area contributed by atoms with Gasteiger partial charge in [0.15, 0.2) is 0 Å². The molecular weight excluding hydrogens is 240 g/mol. The van der Waals surface area contributed by atoms with E-state index in [1.165, 1.54) is 0 Å². The first-order valence-corrected chi connectivity index (χ1v) is 5.90. The molecule has 4 nitrogen and oxygen atoms in total. The number of nitrogens with one attached hydrogen (secondary N) is 1. The zero-order valence-corrected chi connectivity index (χ0v) is 10.3. The van der Waals surface area contributed by atoms with Crippen LogP contribution in [-0.2, 0) is 4.79 Å². The summed E-state index contributed by atoms with van der Waals surface area (Å²) in [5.74, 6) is -0.307. The number of carbonyl (C=O) groups excluding carboxylic acids is 1. The molecule has 0 aliphatic carbocycles. The maximum absolute atomic E-state index is 10.5. The number of nitrogens with two attached hydrogens (primary N) is 1. The molecule has 1 amide bonds. The van der Waals surface area contributed by atoms with Crippen LogP contribution in [-0.4, -0.2) is 24.1 Å². The van der Waals surface area contributed by atoms with Gasteiger partial charge in [-0.15, -0.1) is 0 Å². The second-order valence-corrected chi connectivity index (χ2v) is 4.22. The molecule has 1 atom stereocenters. The zero-order valence-electron chi connectivity index (χ0n) is 9.53. The average molecular weight is 257 g/mol. The molecule has 1 aromatic carbocycles. The average Bonchev–Trinajstić information content (AvgIpc) is 2.28. The van der Waals surface area contributed by atoms with E-state index in [1.54, 1.807) is 12.1 Å². The number of aliphatic hydroxyl groups excluding tert-OH is 1. The lowest BCUT2D eigenvalue weighted by atomic mass is 10.1. The third kappa shape index (κ3) is 5.17. The number of hydrogen-bond donors (Lipinski definition) is 3. The Balaban J connectivity index is 2.28. The molecule has 1 aromatic rings. The molecule has 0 radical (unpaired) electrons. The number of rotatable bonds is 7. The molecule has 0 bridgehead atoms. The fraction of sp³-hybridized carbons (Fsp3) is 0.417. The minimum atomic E-state index is -0.641. The standard InChI is InChI=1S/C12H17ClN2O2/c13-10-5-2-1-4-9(10)11(16)8-15-7-3-6-12(14)17/h1-2,4-5,11,15-16H,3,6-8H2,(H2,14,17). The smallest absolute Gasteiger partial charge is 0.217 e. The topological polar surface area (TPSA) is 75.4 Å². The van der Waals surface area contributed by atoms with Crippen molar-refractivity contribution in [2.75, 3.05) is 13.1 Å². The Bertz CT molecular complexity index is 371. The SMILES string of the molecule is NC(=O)CCCNCC(O)c1ccccc1Cl. The van der Waals surface area contributed by atoms with Gasteiger partial charge in [-0.05, 0) is 19.0 Å². The monoisotopic (exact) mass is 256 g/mol. The van der Waals surface area contributed by atoms with Crippen molar-refractivity contribution in [3.05, 3.63) is 34.9 Å². The molecule has 1 rings (SSSR count). The van der Waals surface area contributed by atoms with Crippen LogP contribution in [0.3, 0.4) is 0 Å². The van der Waals surface area contributed by atoms with Crippen molar-refractivity contribution >= 4 is 17.5 Å². The minimum absolute atomic E-state index is 0.307. The summed E-state index contributed by atoms with van der Waals surface area (Å²) < 4.78 is 0. The van der Waals surface area contributed by atoms with Crippen molar-refractivity contribution in [1.82, 2.24) is 5.32 Å². The summed E-state index contributed by atoms with van der Waals surface area (Å²) >= 11 is 5.95. The van der Waals surface area contributed by atoms with Crippen LogP contribution in [0.15, 0.2) is 24.3 Å². The Kier molecular flexibility index (Phi) is 5.97. The number of aliphatic hydroxyl groups is 1. The fourth-order valence-corrected chi connectivity index (χ4v) is 1.74. The molecule has 0 aromatic heterocycles. The van der Waals surface area contributed by atoms with Crippen LogP contribution < -0.4 is 11.1 Å².